The van der Waals surface area contributed by atoms with Crippen LogP contribution in [-0.2, 0) is 58.3 Å². The van der Waals surface area contributed by atoms with Gasteiger partial charge in [-0.2, -0.15) is 0 Å². The zero-order valence-corrected chi connectivity index (χ0v) is 68.3. The number of nitrogens with one attached hydrogen (secondary N) is 21. The van der Waals surface area contributed by atoms with Gasteiger partial charge in [-0.05, 0) is 165 Å². The minimum atomic E-state index is -1.53. The molecule has 0 saturated heterocycles. The van der Waals surface area contributed by atoms with Gasteiger partial charge in [-0.15, -0.1) is 0 Å². The Morgan fingerprint density at radius 3 is 1.26 bits per heavy atom. The highest BCUT2D eigenvalue weighted by Crippen LogP contribution is 2.57. The number of anilines is 1. The molecule has 121 heavy (non-hydrogen) atoms. The molecule has 1 spiro atoms. The molecule has 666 valence electrons. The number of rotatable bonds is 53. The van der Waals surface area contributed by atoms with Gasteiger partial charge in [-0.25, -0.2) is 14.8 Å². The van der Waals surface area contributed by atoms with Crippen LogP contribution in [0.5, 0.6) is 23.0 Å². The Morgan fingerprint density at radius 2 is 0.851 bits per heavy atom. The maximum absolute atomic E-state index is 14.8. The number of thiocarbonyl (C=S) groups is 1. The minimum Gasteiger partial charge on any atom is -0.508 e. The number of guanidine groups is 5. The fourth-order valence-corrected chi connectivity index (χ4v) is 12.9. The van der Waals surface area contributed by atoms with Gasteiger partial charge in [0, 0.05) is 93.3 Å². The van der Waals surface area contributed by atoms with Gasteiger partial charge < -0.3 is 145 Å². The summed E-state index contributed by atoms with van der Waals surface area (Å²) in [5.41, 5.74) is 50.3. The molecule has 0 unspecified atom stereocenters. The number of phenols is 2. The number of hydrogen-bond acceptors (Lipinski definition) is 26. The third-order valence-electron chi connectivity index (χ3n) is 18.6. The normalized spacial score (nSPS) is 14.0. The Hall–Kier alpha value is -12.9. The molecule has 8 atom stereocenters. The number of amides is 10. The number of carbonyl (C=O) groups excluding carboxylic acids is 11. The molecule has 0 aliphatic carbocycles. The Bertz CT molecular complexity index is 4110. The molecule has 40 N–H and O–H groups in total. The number of aliphatic hydroxyl groups is 1. The number of hydrogen-bond donors (Lipinski definition) is 32. The minimum absolute atomic E-state index is 0.00172. The largest absolute Gasteiger partial charge is 0.508 e. The summed E-state index contributed by atoms with van der Waals surface area (Å²) in [5.74, 6) is -11.2. The summed E-state index contributed by atoms with van der Waals surface area (Å²) in [4.78, 5) is 154. The highest BCUT2D eigenvalue weighted by molar-refractivity contribution is 7.80. The topological polar surface area (TPSA) is 793 Å². The Kier molecular flexibility index (Phi) is 40.8. The van der Waals surface area contributed by atoms with E-state index < -0.39 is 150 Å². The number of aromatic hydroxyl groups is 2. The Labute approximate surface area is 703 Å². The molecule has 0 fully saturated rings. The number of nitrogens with zero attached hydrogens (tertiary/aromatic N) is 2. The van der Waals surface area contributed by atoms with Gasteiger partial charge in [0.15, 0.2) is 40.5 Å². The number of nitrogens with two attached hydrogens (primary N) is 8. The molecule has 5 rings (SSSR count). The van der Waals surface area contributed by atoms with E-state index in [4.69, 9.17) is 94.6 Å². The van der Waals surface area contributed by atoms with E-state index in [0.717, 1.165) is 0 Å². The molecule has 48 heteroatoms. The zero-order chi connectivity index (χ0) is 89.5. The highest BCUT2D eigenvalue weighted by Gasteiger charge is 2.54. The summed E-state index contributed by atoms with van der Waals surface area (Å²) in [6, 6.07) is 3.39. The van der Waals surface area contributed by atoms with Crippen LogP contribution in [0, 0.1) is 27.0 Å². The monoisotopic (exact) mass is 1720 g/mol. The molecule has 0 aromatic heterocycles. The summed E-state index contributed by atoms with van der Waals surface area (Å²) >= 11 is 5.56. The van der Waals surface area contributed by atoms with Crippen LogP contribution in [0.2, 0.25) is 0 Å². The van der Waals surface area contributed by atoms with Crippen LogP contribution >= 0.6 is 12.2 Å². The molecule has 10 amide bonds. The first-order chi connectivity index (χ1) is 57.4. The van der Waals surface area contributed by atoms with Crippen LogP contribution < -0.4 is 136 Å². The lowest BCUT2D eigenvalue weighted by Gasteiger charge is -2.36. The molecule has 47 nitrogen and oxygen atoms in total. The Morgan fingerprint density at radius 1 is 0.463 bits per heavy atom. The molecule has 2 aliphatic heterocycles. The van der Waals surface area contributed by atoms with Crippen molar-refractivity contribution in [1.82, 2.24) is 90.0 Å². The number of ether oxygens (including phenoxy) is 2. The van der Waals surface area contributed by atoms with E-state index in [0.29, 0.717) is 41.6 Å². The van der Waals surface area contributed by atoms with Crippen LogP contribution in [-0.4, -0.2) is 252 Å². The fraction of sp³-hybridized carbons (Fsp3) is 0.521. The average molecular weight is 1720 g/mol. The third kappa shape index (κ3) is 33.4. The molecule has 3 aromatic carbocycles. The first-order valence-electron chi connectivity index (χ1n) is 39.2. The SMILES string of the molecule is C[C@H](NC(=O)CN(CCCNC(=N)N)NC(=O)CCNC(=S)Nc1ccc2c(c1)C(=O)OC21c2ccc(O)cc2Oc2cc(O)ccc21)C(=O)N[C@@H](CCCNC(=N)N)C(=O)N[C@@H](CCCNC(=N)N)C(=O)N[C@@H](CCCNC(=N)N)C(=O)N[C@@H](CCCCN)C(=O)N[C@@H](CCCCN)C(=O)NN(CCCNC(=N)N)CC(=O)N[C@H](C(N)=O)[C@@H](C)O. The number of carbonyl (C=O) groups is 11. The molecular formula is C73H117N31O16S. The molecule has 2 aliphatic rings. The van der Waals surface area contributed by atoms with Gasteiger partial charge in [0.2, 0.25) is 53.2 Å². The van der Waals surface area contributed by atoms with Gasteiger partial charge in [0.05, 0.1) is 24.8 Å². The predicted molar refractivity (Wildman–Crippen MR) is 449 cm³/mol. The van der Waals surface area contributed by atoms with Crippen molar-refractivity contribution >= 4 is 118 Å². The van der Waals surface area contributed by atoms with Gasteiger partial charge in [0.25, 0.3) is 5.91 Å². The summed E-state index contributed by atoms with van der Waals surface area (Å²) < 4.78 is 12.2. The summed E-state index contributed by atoms with van der Waals surface area (Å²) in [7, 11) is 0. The number of phenolic OH excluding ortho intramolecular Hbond substituents is 2. The lowest BCUT2D eigenvalue weighted by molar-refractivity contribution is -0.137. The molecule has 0 saturated carbocycles. The maximum Gasteiger partial charge on any atom is 0.340 e. The molecule has 0 bridgehead atoms. The number of esters is 1. The van der Waals surface area contributed by atoms with Gasteiger partial charge in [-0.3, -0.25) is 85.8 Å². The maximum atomic E-state index is 14.8. The van der Waals surface area contributed by atoms with Crippen molar-refractivity contribution in [2.75, 3.05) is 83.9 Å². The number of hydrazine groups is 2. The van der Waals surface area contributed by atoms with Crippen molar-refractivity contribution in [2.45, 2.75) is 164 Å². The van der Waals surface area contributed by atoms with E-state index in [2.05, 4.69) is 85.3 Å². The lowest BCUT2D eigenvalue weighted by Crippen LogP contribution is -2.60. The van der Waals surface area contributed by atoms with Crippen molar-refractivity contribution in [1.29, 1.82) is 27.0 Å². The molecule has 3 aromatic rings. The number of primary amides is 1. The van der Waals surface area contributed by atoms with Crippen LogP contribution in [0.3, 0.4) is 0 Å². The van der Waals surface area contributed by atoms with Crippen LogP contribution in [0.15, 0.2) is 54.6 Å². The van der Waals surface area contributed by atoms with Crippen LogP contribution in [0.1, 0.15) is 137 Å². The number of benzene rings is 3. The Balaban J connectivity index is 1.31. The van der Waals surface area contributed by atoms with Crippen LogP contribution in [0.25, 0.3) is 0 Å². The van der Waals surface area contributed by atoms with E-state index in [1.165, 1.54) is 54.2 Å². The zero-order valence-electron chi connectivity index (χ0n) is 67.5. The number of fused-ring (bicyclic) bond motifs is 6. The van der Waals surface area contributed by atoms with E-state index in [1.54, 1.807) is 24.3 Å². The van der Waals surface area contributed by atoms with Gasteiger partial charge in [-0.1, -0.05) is 6.07 Å². The van der Waals surface area contributed by atoms with E-state index in [9.17, 15) is 68.1 Å². The standard InChI is InChI=1S/C73H117N31O16S/c1-39(93-56(109)37-103(32-10-29-90-70(83)84)101-55(108)23-31-92-72(121)94-41-17-20-45-44(34-41)66(118)120-73(45)46-21-18-42(106)35-53(46)119-54-36-43(107)19-22-47(54)73)60(112)95-49(14-7-26-87-67(77)78)62(114)97-51(16-9-28-89-69(81)82)64(116)98-50(15-8-27-88-68(79)80)63(115)96-48(12-3-5-24-74)61(113)99-52(13-4-6-25-75)65(117)102-104(33-11-30-91-71(85)86)38-57(110)100-58(40(2)105)59(76)111/h17-22,34-36,39-40,48-52,58,105-107H,3-16,23-33,37-38,74-75H2,1-2H3,(H2,76,111)(H,93,109)(H,95,112)(H,96,115)(H,97,114)(H,98,116)(H,99,113)(H,100,110)(H,101,108)(H,102,117)(H4,77,78,87)(H4,79,80,88)(H4,81,82,89)(H4,83,84,90)(H4,85,86,91)(H2,92,94,121)/t39-,40+,48-,49-,50-,51-,52-,58-/m0/s1. The van der Waals surface area contributed by atoms with Crippen molar-refractivity contribution < 1.29 is 77.5 Å². The second kappa shape index (κ2) is 50.1. The van der Waals surface area contributed by atoms with E-state index in [1.807, 2.05) is 0 Å². The van der Waals surface area contributed by atoms with Crippen molar-refractivity contribution in [2.24, 2.45) is 45.9 Å². The first-order valence-corrected chi connectivity index (χ1v) is 39.6. The van der Waals surface area contributed by atoms with Gasteiger partial charge in [0.1, 0.15) is 65.3 Å². The van der Waals surface area contributed by atoms with Crippen molar-refractivity contribution in [3.8, 4) is 23.0 Å². The number of unbranched alkanes of at least 4 members (excludes halogenated alkanes) is 2. The smallest absolute Gasteiger partial charge is 0.340 e. The second-order valence-corrected chi connectivity index (χ2v) is 28.9. The van der Waals surface area contributed by atoms with E-state index >= 15 is 0 Å². The molecule has 2 heterocycles. The molecular weight excluding hydrogens is 1600 g/mol. The highest BCUT2D eigenvalue weighted by atomic mass is 32.1. The first kappa shape index (κ1) is 98.6. The quantitative estimate of drug-likeness (QED) is 0.00624. The van der Waals surface area contributed by atoms with E-state index in [-0.39, 0.29) is 188 Å². The fourth-order valence-electron chi connectivity index (χ4n) is 12.7. The summed E-state index contributed by atoms with van der Waals surface area (Å²) in [6.45, 7) is 1.94. The van der Waals surface area contributed by atoms with Crippen molar-refractivity contribution in [3.63, 3.8) is 0 Å². The summed E-state index contributed by atoms with van der Waals surface area (Å²) in [6.07, 6.45) is -0.372. The molecule has 0 radical (unpaired) electrons. The second-order valence-electron chi connectivity index (χ2n) is 28.5. The number of aliphatic hydroxyl groups excluding tert-OH is 1. The van der Waals surface area contributed by atoms with Crippen LogP contribution in [0.4, 0.5) is 5.69 Å². The lowest BCUT2D eigenvalue weighted by atomic mass is 9.77. The summed E-state index contributed by atoms with van der Waals surface area (Å²) in [5, 5.41) is 109. The predicted octanol–water partition coefficient (Wildman–Crippen LogP) is -6.92. The van der Waals surface area contributed by atoms with Gasteiger partial charge >= 0.3 is 5.97 Å². The average Bonchev–Trinajstić information content (AvgIpc) is 1.57. The van der Waals surface area contributed by atoms with Crippen molar-refractivity contribution in [3.05, 3.63) is 76.9 Å². The third-order valence-corrected chi connectivity index (χ3v) is 18.9.